The average Bonchev–Trinajstić information content (AvgIpc) is 3.40. The highest BCUT2D eigenvalue weighted by Crippen LogP contribution is 2.37. The van der Waals surface area contributed by atoms with Gasteiger partial charge < -0.3 is 21.5 Å². The molecule has 0 radical (unpaired) electrons. The summed E-state index contributed by atoms with van der Waals surface area (Å²) < 4.78 is 6.92. The summed E-state index contributed by atoms with van der Waals surface area (Å²) in [4.78, 5) is 24.7. The molecule has 1 aromatic heterocycles. The lowest BCUT2D eigenvalue weighted by atomic mass is 10.0. The fraction of sp³-hybridized carbons (Fsp3) is 0.292. The summed E-state index contributed by atoms with van der Waals surface area (Å²) in [6.45, 7) is 0.329. The molecule has 0 saturated heterocycles. The van der Waals surface area contributed by atoms with Crippen LogP contribution in [0.3, 0.4) is 0 Å². The topological polar surface area (TPSA) is 125 Å². The van der Waals surface area contributed by atoms with Crippen molar-refractivity contribution in [3.05, 3.63) is 65.2 Å². The first kappa shape index (κ1) is 22.7. The Morgan fingerprint density at radius 2 is 1.91 bits per heavy atom. The normalized spacial score (nSPS) is 17.6. The number of amides is 2. The Bertz CT molecular complexity index is 1180. The first-order valence-corrected chi connectivity index (χ1v) is 11.1. The zero-order valence-corrected chi connectivity index (χ0v) is 19.0. The number of methoxy groups -OCH3 is 1. The number of hydrogen-bond acceptors (Lipinski definition) is 5. The molecule has 33 heavy (non-hydrogen) atoms. The van der Waals surface area contributed by atoms with Gasteiger partial charge in [-0.1, -0.05) is 36.4 Å². The number of ether oxygens (including phenoxy) is 1. The van der Waals surface area contributed by atoms with Crippen molar-refractivity contribution in [1.29, 1.82) is 0 Å². The number of halogens is 1. The van der Waals surface area contributed by atoms with Gasteiger partial charge in [0.1, 0.15) is 22.8 Å². The Balaban J connectivity index is 1.52. The maximum atomic E-state index is 12.5. The molecule has 2 aromatic carbocycles. The summed E-state index contributed by atoms with van der Waals surface area (Å²) in [7, 11) is 1.53. The minimum absolute atomic E-state index is 0.0452. The molecule has 5 N–H and O–H groups in total. The summed E-state index contributed by atoms with van der Waals surface area (Å²) in [5.74, 6) is -0.0720. The maximum Gasteiger partial charge on any atom is 0.255 e. The molecule has 2 amide bonds. The maximum absolute atomic E-state index is 12.5. The number of nitrogens with one attached hydrogen (secondary N) is 1. The van der Waals surface area contributed by atoms with E-state index in [1.807, 2.05) is 30.3 Å². The number of aromatic nitrogens is 2. The average molecular weight is 468 g/mol. The SMILES string of the molecule is COc1ccccc1C(=O)NCc1ccc(-c2nn([C@H]3CC[C@H](Cl)C3)c(N)c2C(N)=O)cc1. The molecule has 1 fully saturated rings. The number of rotatable bonds is 7. The van der Waals surface area contributed by atoms with E-state index in [0.29, 0.717) is 23.6 Å². The molecule has 1 aliphatic carbocycles. The number of para-hydroxylation sites is 1. The van der Waals surface area contributed by atoms with Crippen LogP contribution in [0, 0.1) is 0 Å². The molecule has 0 spiro atoms. The summed E-state index contributed by atoms with van der Waals surface area (Å²) in [6.07, 6.45) is 2.47. The van der Waals surface area contributed by atoms with E-state index in [1.54, 1.807) is 22.9 Å². The highest BCUT2D eigenvalue weighted by Gasteiger charge is 2.30. The van der Waals surface area contributed by atoms with Gasteiger partial charge in [0, 0.05) is 17.5 Å². The Morgan fingerprint density at radius 3 is 2.55 bits per heavy atom. The summed E-state index contributed by atoms with van der Waals surface area (Å²) in [6, 6.07) is 14.5. The van der Waals surface area contributed by atoms with E-state index >= 15 is 0 Å². The first-order valence-electron chi connectivity index (χ1n) is 10.7. The van der Waals surface area contributed by atoms with E-state index in [9.17, 15) is 9.59 Å². The van der Waals surface area contributed by atoms with E-state index < -0.39 is 5.91 Å². The molecule has 0 bridgehead atoms. The number of hydrogen-bond donors (Lipinski definition) is 3. The van der Waals surface area contributed by atoms with Crippen molar-refractivity contribution in [1.82, 2.24) is 15.1 Å². The van der Waals surface area contributed by atoms with Gasteiger partial charge >= 0.3 is 0 Å². The number of alkyl halides is 1. The number of anilines is 1. The van der Waals surface area contributed by atoms with Crippen LogP contribution in [0.1, 0.15) is 51.6 Å². The largest absolute Gasteiger partial charge is 0.496 e. The van der Waals surface area contributed by atoms with Crippen molar-refractivity contribution in [2.24, 2.45) is 5.73 Å². The minimum Gasteiger partial charge on any atom is -0.496 e. The zero-order chi connectivity index (χ0) is 23.5. The number of primary amides is 1. The lowest BCUT2D eigenvalue weighted by Crippen LogP contribution is -2.23. The monoisotopic (exact) mass is 467 g/mol. The second-order valence-electron chi connectivity index (χ2n) is 8.06. The van der Waals surface area contributed by atoms with Crippen LogP contribution in [-0.2, 0) is 6.54 Å². The predicted molar refractivity (Wildman–Crippen MR) is 127 cm³/mol. The van der Waals surface area contributed by atoms with Crippen LogP contribution in [0.25, 0.3) is 11.3 Å². The van der Waals surface area contributed by atoms with E-state index in [0.717, 1.165) is 30.4 Å². The highest BCUT2D eigenvalue weighted by atomic mass is 35.5. The third-order valence-electron chi connectivity index (χ3n) is 5.91. The summed E-state index contributed by atoms with van der Waals surface area (Å²) in [5, 5.41) is 7.59. The molecule has 1 saturated carbocycles. The first-order chi connectivity index (χ1) is 15.9. The minimum atomic E-state index is -0.623. The van der Waals surface area contributed by atoms with E-state index in [1.165, 1.54) is 7.11 Å². The standard InChI is InChI=1S/C24H26ClN5O3/c1-33-19-5-3-2-4-18(19)24(32)28-13-14-6-8-15(9-7-14)21-20(23(27)31)22(26)30(29-21)17-11-10-16(25)12-17/h2-9,16-17H,10-13,26H2,1H3,(H2,27,31)(H,28,32)/t16-,17-/m0/s1. The van der Waals surface area contributed by atoms with Crippen LogP contribution in [-0.4, -0.2) is 34.1 Å². The molecule has 1 aliphatic rings. The zero-order valence-electron chi connectivity index (χ0n) is 18.3. The van der Waals surface area contributed by atoms with Gasteiger partial charge in [-0.15, -0.1) is 11.6 Å². The number of nitrogens with zero attached hydrogens (tertiary/aromatic N) is 2. The Hall–Kier alpha value is -3.52. The Morgan fingerprint density at radius 1 is 1.18 bits per heavy atom. The van der Waals surface area contributed by atoms with Crippen LogP contribution in [0.2, 0.25) is 0 Å². The number of nitrogens with two attached hydrogens (primary N) is 2. The lowest BCUT2D eigenvalue weighted by molar-refractivity contribution is 0.0946. The molecule has 0 aliphatic heterocycles. The van der Waals surface area contributed by atoms with Gasteiger partial charge in [0.15, 0.2) is 0 Å². The molecule has 0 unspecified atom stereocenters. The van der Waals surface area contributed by atoms with Gasteiger partial charge in [0.2, 0.25) is 0 Å². The third kappa shape index (κ3) is 4.66. The van der Waals surface area contributed by atoms with Crippen LogP contribution in [0.4, 0.5) is 5.82 Å². The Kier molecular flexibility index (Phi) is 6.55. The smallest absolute Gasteiger partial charge is 0.255 e. The number of nitrogen functional groups attached to an aromatic ring is 1. The third-order valence-corrected chi connectivity index (χ3v) is 6.31. The van der Waals surface area contributed by atoms with Crippen molar-refractivity contribution < 1.29 is 14.3 Å². The van der Waals surface area contributed by atoms with Gasteiger partial charge in [-0.3, -0.25) is 9.59 Å². The molecule has 3 aromatic rings. The van der Waals surface area contributed by atoms with Crippen molar-refractivity contribution in [3.63, 3.8) is 0 Å². The molecular weight excluding hydrogens is 442 g/mol. The van der Waals surface area contributed by atoms with Crippen molar-refractivity contribution in [3.8, 4) is 17.0 Å². The van der Waals surface area contributed by atoms with Gasteiger partial charge in [0.05, 0.1) is 18.7 Å². The molecular formula is C24H26ClN5O3. The predicted octanol–water partition coefficient (Wildman–Crippen LogP) is 3.50. The second kappa shape index (κ2) is 9.54. The van der Waals surface area contributed by atoms with Crippen LogP contribution in [0.15, 0.2) is 48.5 Å². The van der Waals surface area contributed by atoms with Crippen molar-refractivity contribution in [2.75, 3.05) is 12.8 Å². The summed E-state index contributed by atoms with van der Waals surface area (Å²) >= 11 is 6.25. The van der Waals surface area contributed by atoms with Gasteiger partial charge in [-0.25, -0.2) is 4.68 Å². The van der Waals surface area contributed by atoms with Crippen LogP contribution >= 0.6 is 11.6 Å². The van der Waals surface area contributed by atoms with Gasteiger partial charge in [-0.2, -0.15) is 5.10 Å². The summed E-state index contributed by atoms with van der Waals surface area (Å²) in [5.41, 5.74) is 14.6. The fourth-order valence-electron chi connectivity index (χ4n) is 4.19. The quantitative estimate of drug-likeness (QED) is 0.458. The second-order valence-corrected chi connectivity index (χ2v) is 8.68. The van der Waals surface area contributed by atoms with Crippen molar-refractivity contribution >= 4 is 29.2 Å². The highest BCUT2D eigenvalue weighted by molar-refractivity contribution is 6.20. The fourth-order valence-corrected chi connectivity index (χ4v) is 4.52. The molecule has 172 valence electrons. The van der Waals surface area contributed by atoms with Crippen LogP contribution in [0.5, 0.6) is 5.75 Å². The number of carbonyl (C=O) groups is 2. The molecule has 4 rings (SSSR count). The molecule has 8 nitrogen and oxygen atoms in total. The lowest BCUT2D eigenvalue weighted by Gasteiger charge is -2.11. The molecule has 9 heteroatoms. The van der Waals surface area contributed by atoms with E-state index in [-0.39, 0.29) is 28.7 Å². The van der Waals surface area contributed by atoms with Crippen LogP contribution < -0.4 is 21.5 Å². The number of carbonyl (C=O) groups excluding carboxylic acids is 2. The van der Waals surface area contributed by atoms with Crippen molar-refractivity contribution in [2.45, 2.75) is 37.2 Å². The molecule has 2 atom stereocenters. The van der Waals surface area contributed by atoms with E-state index in [2.05, 4.69) is 10.4 Å². The Labute approximate surface area is 196 Å². The number of benzene rings is 2. The van der Waals surface area contributed by atoms with E-state index in [4.69, 9.17) is 27.8 Å². The van der Waals surface area contributed by atoms with Gasteiger partial charge in [-0.05, 0) is 37.0 Å². The van der Waals surface area contributed by atoms with Gasteiger partial charge in [0.25, 0.3) is 11.8 Å². The molecule has 1 heterocycles.